The van der Waals surface area contributed by atoms with Crippen molar-refractivity contribution in [2.75, 3.05) is 19.8 Å². The Morgan fingerprint density at radius 3 is 1.23 bits per heavy atom. The molecule has 14 nitrogen and oxygen atoms in total. The van der Waals surface area contributed by atoms with Gasteiger partial charge in [-0.05, 0) is 57.8 Å². The first-order valence-corrected chi connectivity index (χ1v) is 34.9. The molecule has 84 heavy (non-hydrogen) atoms. The van der Waals surface area contributed by atoms with Crippen molar-refractivity contribution in [2.24, 2.45) is 0 Å². The maximum atomic E-state index is 13.3. The van der Waals surface area contributed by atoms with Crippen LogP contribution in [0.3, 0.4) is 0 Å². The van der Waals surface area contributed by atoms with E-state index in [1.54, 1.807) is 6.08 Å². The zero-order valence-electron chi connectivity index (χ0n) is 53.4. The Bertz CT molecular complexity index is 1590. The van der Waals surface area contributed by atoms with E-state index in [2.05, 4.69) is 55.6 Å². The Morgan fingerprint density at radius 2 is 0.786 bits per heavy atom. The van der Waals surface area contributed by atoms with Gasteiger partial charge >= 0.3 is 0 Å². The van der Waals surface area contributed by atoms with Crippen molar-refractivity contribution >= 4 is 5.91 Å². The summed E-state index contributed by atoms with van der Waals surface area (Å²) in [6.45, 7) is 2.79. The number of rotatable bonds is 57. The van der Waals surface area contributed by atoms with Gasteiger partial charge in [-0.3, -0.25) is 4.79 Å². The molecule has 2 heterocycles. The normalized spacial score (nSPS) is 23.9. The molecule has 0 aromatic rings. The van der Waals surface area contributed by atoms with Crippen LogP contribution in [0.2, 0.25) is 0 Å². The standard InChI is InChI=1S/C70H129NO13/c1-3-5-7-9-11-13-15-17-19-21-23-24-25-26-27-28-29-30-31-32-33-34-36-37-39-41-43-45-47-49-51-53-59(74)58(71-62(75)54-52-50-48-46-44-42-40-38-35-22-20-18-16-14-12-10-8-6-4-2)57-81-69-67(80)65(78)68(61(56-73)83-69)84-70-66(79)64(77)63(76)60(55-72)82-70/h12,14,18,20,35,38,51,53,58-61,63-70,72-74,76-80H,3-11,13,15-17,19,21-34,36-37,39-50,52,54-57H2,1-2H3,(H,71,75)/b14-12-,20-18-,38-35-,53-51+. The predicted molar refractivity (Wildman–Crippen MR) is 341 cm³/mol. The SMILES string of the molecule is CCCCC/C=C\C/C=C\C/C=C\CCCCCCCCC(=O)NC(COC1OC(CO)C(OC2OC(CO)C(O)C(O)C2O)C(O)C1O)C(O)/C=C/CCCCCCCCCCCCCCCCCCCCCCCCCCCCCCC. The van der Waals surface area contributed by atoms with Crippen LogP contribution >= 0.6 is 0 Å². The van der Waals surface area contributed by atoms with Crippen LogP contribution in [0.5, 0.6) is 0 Å². The minimum atomic E-state index is -1.79. The van der Waals surface area contributed by atoms with Gasteiger partial charge in [-0.15, -0.1) is 0 Å². The molecule has 0 saturated carbocycles. The topological polar surface area (TPSA) is 228 Å². The molecule has 0 radical (unpaired) electrons. The maximum absolute atomic E-state index is 13.3. The molecule has 0 aliphatic carbocycles. The summed E-state index contributed by atoms with van der Waals surface area (Å²) in [4.78, 5) is 13.3. The Morgan fingerprint density at radius 1 is 0.429 bits per heavy atom. The molecular weight excluding hydrogens is 1060 g/mol. The lowest BCUT2D eigenvalue weighted by Crippen LogP contribution is -2.65. The quantitative estimate of drug-likeness (QED) is 0.0204. The highest BCUT2D eigenvalue weighted by Gasteiger charge is 2.51. The van der Waals surface area contributed by atoms with Crippen LogP contribution in [0.1, 0.15) is 296 Å². The van der Waals surface area contributed by atoms with E-state index in [4.69, 9.17) is 18.9 Å². The van der Waals surface area contributed by atoms with Crippen molar-refractivity contribution in [3.05, 3.63) is 48.6 Å². The summed E-state index contributed by atoms with van der Waals surface area (Å²) in [5, 5.41) is 87.4. The number of aliphatic hydroxyl groups excluding tert-OH is 8. The molecule has 2 rings (SSSR count). The van der Waals surface area contributed by atoms with Gasteiger partial charge in [0.05, 0.1) is 32.0 Å². The highest BCUT2D eigenvalue weighted by molar-refractivity contribution is 5.76. The Balaban J connectivity index is 1.67. The first-order chi connectivity index (χ1) is 41.1. The Hall–Kier alpha value is -2.05. The van der Waals surface area contributed by atoms with Crippen LogP contribution in [0.15, 0.2) is 48.6 Å². The number of nitrogens with one attached hydrogen (secondary N) is 1. The molecule has 2 aliphatic rings. The second-order valence-corrected chi connectivity index (χ2v) is 24.7. The summed E-state index contributed by atoms with van der Waals surface area (Å²) in [7, 11) is 0. The van der Waals surface area contributed by atoms with Crippen LogP contribution in [0.4, 0.5) is 0 Å². The van der Waals surface area contributed by atoms with E-state index >= 15 is 0 Å². The summed E-state index contributed by atoms with van der Waals surface area (Å²) in [6, 6.07) is -0.924. The Labute approximate surface area is 512 Å². The fourth-order valence-electron chi connectivity index (χ4n) is 11.4. The van der Waals surface area contributed by atoms with Gasteiger partial charge in [-0.1, -0.05) is 281 Å². The Kier molecular flexibility index (Phi) is 51.1. The van der Waals surface area contributed by atoms with E-state index in [9.17, 15) is 45.6 Å². The second-order valence-electron chi connectivity index (χ2n) is 24.7. The third-order valence-corrected chi connectivity index (χ3v) is 17.0. The third kappa shape index (κ3) is 39.1. The molecule has 0 spiro atoms. The number of carbonyl (C=O) groups is 1. The lowest BCUT2D eigenvalue weighted by Gasteiger charge is -2.46. The number of carbonyl (C=O) groups excluding carboxylic acids is 1. The van der Waals surface area contributed by atoms with E-state index in [1.165, 1.54) is 199 Å². The highest BCUT2D eigenvalue weighted by atomic mass is 16.7. The summed E-state index contributed by atoms with van der Waals surface area (Å²) in [5.74, 6) is -0.250. The summed E-state index contributed by atoms with van der Waals surface area (Å²) in [5.41, 5.74) is 0. The average molecular weight is 1190 g/mol. The van der Waals surface area contributed by atoms with Crippen LogP contribution in [-0.4, -0.2) is 140 Å². The molecule has 12 unspecified atom stereocenters. The monoisotopic (exact) mass is 1190 g/mol. The fourth-order valence-corrected chi connectivity index (χ4v) is 11.4. The van der Waals surface area contributed by atoms with Gasteiger partial charge in [0, 0.05) is 6.42 Å². The first-order valence-electron chi connectivity index (χ1n) is 34.9. The van der Waals surface area contributed by atoms with Crippen molar-refractivity contribution in [2.45, 2.75) is 370 Å². The molecule has 0 bridgehead atoms. The van der Waals surface area contributed by atoms with E-state index in [0.29, 0.717) is 6.42 Å². The van der Waals surface area contributed by atoms with Gasteiger partial charge < -0.3 is 65.1 Å². The van der Waals surface area contributed by atoms with Gasteiger partial charge in [0.25, 0.3) is 0 Å². The summed E-state index contributed by atoms with van der Waals surface area (Å²) >= 11 is 0. The number of ether oxygens (including phenoxy) is 4. The molecule has 1 amide bonds. The van der Waals surface area contributed by atoms with Crippen molar-refractivity contribution in [3.8, 4) is 0 Å². The third-order valence-electron chi connectivity index (χ3n) is 17.0. The number of aliphatic hydroxyl groups is 8. The van der Waals surface area contributed by atoms with Crippen LogP contribution in [0.25, 0.3) is 0 Å². The van der Waals surface area contributed by atoms with E-state index in [0.717, 1.165) is 70.6 Å². The first kappa shape index (κ1) is 78.0. The number of allylic oxidation sites excluding steroid dienone is 7. The highest BCUT2D eigenvalue weighted by Crippen LogP contribution is 2.30. The van der Waals surface area contributed by atoms with Crippen LogP contribution < -0.4 is 5.32 Å². The predicted octanol–water partition coefficient (Wildman–Crippen LogP) is 13.9. The molecule has 2 aliphatic heterocycles. The van der Waals surface area contributed by atoms with Gasteiger partial charge in [0.15, 0.2) is 12.6 Å². The van der Waals surface area contributed by atoms with Crippen LogP contribution in [0, 0.1) is 0 Å². The molecule has 2 saturated heterocycles. The zero-order valence-corrected chi connectivity index (χ0v) is 53.4. The molecule has 12 atom stereocenters. The van der Waals surface area contributed by atoms with Crippen molar-refractivity contribution in [1.82, 2.24) is 5.32 Å². The van der Waals surface area contributed by atoms with Crippen molar-refractivity contribution < 1.29 is 64.6 Å². The molecular formula is C70H129NO13. The lowest BCUT2D eigenvalue weighted by atomic mass is 9.97. The number of amides is 1. The van der Waals surface area contributed by atoms with Crippen molar-refractivity contribution in [1.29, 1.82) is 0 Å². The molecule has 0 aromatic carbocycles. The average Bonchev–Trinajstić information content (AvgIpc) is 3.62. The summed E-state index contributed by atoms with van der Waals surface area (Å²) in [6.07, 6.45) is 54.5. The fraction of sp³-hybridized carbons (Fsp3) is 0.871. The van der Waals surface area contributed by atoms with Crippen molar-refractivity contribution in [3.63, 3.8) is 0 Å². The number of unbranched alkanes of at least 4 members (excludes halogenated alkanes) is 38. The molecule has 9 N–H and O–H groups in total. The molecule has 14 heteroatoms. The van der Waals surface area contributed by atoms with E-state index < -0.39 is 86.8 Å². The van der Waals surface area contributed by atoms with Gasteiger partial charge in [0.1, 0.15) is 48.8 Å². The second kappa shape index (κ2) is 55.1. The number of hydrogen-bond acceptors (Lipinski definition) is 13. The lowest BCUT2D eigenvalue weighted by molar-refractivity contribution is -0.359. The maximum Gasteiger partial charge on any atom is 0.220 e. The summed E-state index contributed by atoms with van der Waals surface area (Å²) < 4.78 is 22.8. The van der Waals surface area contributed by atoms with Gasteiger partial charge in [-0.2, -0.15) is 0 Å². The minimum Gasteiger partial charge on any atom is -0.394 e. The molecule has 2 fully saturated rings. The largest absolute Gasteiger partial charge is 0.394 e. The van der Waals surface area contributed by atoms with Crippen LogP contribution in [-0.2, 0) is 23.7 Å². The number of hydrogen-bond donors (Lipinski definition) is 9. The smallest absolute Gasteiger partial charge is 0.220 e. The minimum absolute atomic E-state index is 0.250. The van der Waals surface area contributed by atoms with E-state index in [-0.39, 0.29) is 18.9 Å². The molecule has 0 aromatic heterocycles. The molecule has 492 valence electrons. The zero-order chi connectivity index (χ0) is 60.9. The van der Waals surface area contributed by atoms with Gasteiger partial charge in [0.2, 0.25) is 5.91 Å². The van der Waals surface area contributed by atoms with E-state index in [1.807, 2.05) is 6.08 Å². The van der Waals surface area contributed by atoms with Gasteiger partial charge in [-0.25, -0.2) is 0 Å².